The van der Waals surface area contributed by atoms with E-state index >= 15 is 0 Å². The van der Waals surface area contributed by atoms with Crippen LogP contribution in [0.15, 0.2) is 36.5 Å². The Bertz CT molecular complexity index is 1360. The van der Waals surface area contributed by atoms with Crippen molar-refractivity contribution in [2.75, 3.05) is 47.5 Å². The van der Waals surface area contributed by atoms with Gasteiger partial charge in [-0.05, 0) is 70.6 Å². The fraction of sp³-hybridized carbons (Fsp3) is 0.868. The van der Waals surface area contributed by atoms with Crippen molar-refractivity contribution in [1.29, 1.82) is 0 Å². The number of nitrogens with zero attached hydrogens (tertiary/aromatic N) is 1. The number of unbranched alkanes of at least 4 members (excludes halogenated alkanes) is 41. The highest BCUT2D eigenvalue weighted by Crippen LogP contribution is 2.18. The maximum absolute atomic E-state index is 12.9. The van der Waals surface area contributed by atoms with Crippen molar-refractivity contribution in [3.05, 3.63) is 36.5 Å². The minimum atomic E-state index is -1.62. The molecule has 0 saturated heterocycles. The summed E-state index contributed by atoms with van der Waals surface area (Å²) in [6.45, 7) is 4.76. The first-order chi connectivity index (χ1) is 37.6. The second-order valence-corrected chi connectivity index (χ2v) is 23.8. The van der Waals surface area contributed by atoms with Crippen molar-refractivity contribution < 1.29 is 42.9 Å². The molecule has 2 unspecified atom stereocenters. The zero-order valence-electron chi connectivity index (χ0n) is 51.6. The van der Waals surface area contributed by atoms with Crippen molar-refractivity contribution in [2.45, 2.75) is 334 Å². The van der Waals surface area contributed by atoms with Crippen LogP contribution in [0.1, 0.15) is 322 Å². The van der Waals surface area contributed by atoms with Gasteiger partial charge in [0.05, 0.1) is 40.3 Å². The van der Waals surface area contributed by atoms with E-state index in [0.717, 1.165) is 51.4 Å². The van der Waals surface area contributed by atoms with Crippen LogP contribution >= 0.6 is 0 Å². The molecule has 77 heavy (non-hydrogen) atoms. The molecule has 9 nitrogen and oxygen atoms in total. The number of esters is 2. The average Bonchev–Trinajstić information content (AvgIpc) is 3.40. The van der Waals surface area contributed by atoms with E-state index in [1.54, 1.807) is 0 Å². The average molecular weight is 1090 g/mol. The summed E-state index contributed by atoms with van der Waals surface area (Å²) in [5, 5.41) is 11.8. The van der Waals surface area contributed by atoms with Gasteiger partial charge in [-0.3, -0.25) is 9.59 Å². The van der Waals surface area contributed by atoms with E-state index in [2.05, 4.69) is 50.3 Å². The molecule has 0 rings (SSSR count). The normalized spacial score (nSPS) is 12.9. The molecule has 452 valence electrons. The second kappa shape index (κ2) is 59.6. The van der Waals surface area contributed by atoms with Gasteiger partial charge in [0.15, 0.2) is 12.4 Å². The summed E-state index contributed by atoms with van der Waals surface area (Å²) >= 11 is 0. The van der Waals surface area contributed by atoms with E-state index in [-0.39, 0.29) is 32.2 Å². The standard InChI is InChI=1S/C68H127NO8/c1-6-8-10-12-14-16-18-20-22-24-25-26-27-28-29-30-31-32-33-34-35-36-37-38-39-40-41-43-44-46-48-50-52-54-56-58-65(70)75-62-64(63-76-68(67(72)73)74-61-60-69(3,4)5)77-66(71)59-57-55-53-51-49-47-45-42-23-21-19-17-15-13-11-9-7-2/h15,17,21,23-25,64,68H,6-14,16,18-20,22,26-63H2,1-5H3/b17-15-,23-21-,25-24-. The van der Waals surface area contributed by atoms with Crippen LogP contribution in [-0.2, 0) is 33.3 Å². The molecule has 9 heteroatoms. The maximum Gasteiger partial charge on any atom is 0.306 e. The molecule has 2 atom stereocenters. The highest BCUT2D eigenvalue weighted by atomic mass is 16.7. The first-order valence-electron chi connectivity index (χ1n) is 33.1. The number of carbonyl (C=O) groups excluding carboxylic acids is 3. The number of likely N-dealkylation sites (N-methyl/N-ethyl adjacent to an activating group) is 1. The number of carboxylic acid groups (broad SMARTS) is 1. The molecule has 0 aliphatic rings. The number of rotatable bonds is 62. The molecule has 0 aliphatic carbocycles. The van der Waals surface area contributed by atoms with E-state index in [4.69, 9.17) is 18.9 Å². The number of aliphatic carboxylic acids is 1. The first-order valence-corrected chi connectivity index (χ1v) is 33.1. The van der Waals surface area contributed by atoms with Crippen LogP contribution in [0.3, 0.4) is 0 Å². The Labute approximate surface area is 477 Å². The lowest BCUT2D eigenvalue weighted by molar-refractivity contribution is -0.870. The lowest BCUT2D eigenvalue weighted by Crippen LogP contribution is -2.44. The summed E-state index contributed by atoms with van der Waals surface area (Å²) in [7, 11) is 5.93. The van der Waals surface area contributed by atoms with Crippen LogP contribution in [0, 0.1) is 0 Å². The van der Waals surface area contributed by atoms with Gasteiger partial charge >= 0.3 is 11.9 Å². The third-order valence-corrected chi connectivity index (χ3v) is 14.9. The van der Waals surface area contributed by atoms with Gasteiger partial charge in [0, 0.05) is 12.8 Å². The molecule has 0 bridgehead atoms. The minimum Gasteiger partial charge on any atom is -0.545 e. The number of carboxylic acids is 1. The summed E-state index contributed by atoms with van der Waals surface area (Å²) in [6.07, 6.45) is 70.9. The highest BCUT2D eigenvalue weighted by Gasteiger charge is 2.22. The first kappa shape index (κ1) is 74.5. The van der Waals surface area contributed by atoms with Crippen LogP contribution in [-0.4, -0.2) is 82.3 Å². The van der Waals surface area contributed by atoms with Crippen molar-refractivity contribution in [3.8, 4) is 0 Å². The van der Waals surface area contributed by atoms with E-state index in [1.165, 1.54) is 238 Å². The fourth-order valence-corrected chi connectivity index (χ4v) is 9.74. The minimum absolute atomic E-state index is 0.148. The molecular weight excluding hydrogens is 959 g/mol. The van der Waals surface area contributed by atoms with Gasteiger partial charge in [-0.25, -0.2) is 0 Å². The lowest BCUT2D eigenvalue weighted by Gasteiger charge is -2.26. The Balaban J connectivity index is 4.00. The monoisotopic (exact) mass is 1090 g/mol. The molecule has 0 heterocycles. The van der Waals surface area contributed by atoms with E-state index in [9.17, 15) is 19.5 Å². The number of hydrogen-bond donors (Lipinski definition) is 0. The molecular formula is C68H127NO8. The second-order valence-electron chi connectivity index (χ2n) is 23.8. The zero-order valence-corrected chi connectivity index (χ0v) is 51.6. The van der Waals surface area contributed by atoms with Gasteiger partial charge in [-0.15, -0.1) is 0 Å². The molecule has 0 N–H and O–H groups in total. The highest BCUT2D eigenvalue weighted by molar-refractivity contribution is 5.70. The smallest absolute Gasteiger partial charge is 0.306 e. The van der Waals surface area contributed by atoms with Crippen LogP contribution in [0.2, 0.25) is 0 Å². The summed E-state index contributed by atoms with van der Waals surface area (Å²) < 4.78 is 22.7. The molecule has 0 amide bonds. The Hall–Kier alpha value is -2.49. The van der Waals surface area contributed by atoms with Crippen LogP contribution in [0.4, 0.5) is 0 Å². The number of ether oxygens (including phenoxy) is 4. The Kier molecular flexibility index (Phi) is 57.7. The predicted molar refractivity (Wildman–Crippen MR) is 325 cm³/mol. The molecule has 0 spiro atoms. The van der Waals surface area contributed by atoms with Crippen LogP contribution < -0.4 is 5.11 Å². The third-order valence-electron chi connectivity index (χ3n) is 14.9. The number of carbonyl (C=O) groups is 3. The summed E-state index contributed by atoms with van der Waals surface area (Å²) in [6, 6.07) is 0. The van der Waals surface area contributed by atoms with Gasteiger partial charge in [-0.2, -0.15) is 0 Å². The quantitative estimate of drug-likeness (QED) is 0.0195. The number of quaternary nitrogens is 1. The summed E-state index contributed by atoms with van der Waals surface area (Å²) in [5.74, 6) is -2.27. The molecule has 0 saturated carbocycles. The van der Waals surface area contributed by atoms with Crippen LogP contribution in [0.5, 0.6) is 0 Å². The topological polar surface area (TPSA) is 111 Å². The molecule has 0 aliphatic heterocycles. The third kappa shape index (κ3) is 61.0. The largest absolute Gasteiger partial charge is 0.545 e. The molecule has 0 radical (unpaired) electrons. The van der Waals surface area contributed by atoms with Gasteiger partial charge in [0.2, 0.25) is 0 Å². The molecule has 0 fully saturated rings. The Morgan fingerprint density at radius 2 is 0.701 bits per heavy atom. The molecule has 0 aromatic rings. The van der Waals surface area contributed by atoms with Gasteiger partial charge in [0.25, 0.3) is 0 Å². The SMILES string of the molecule is CCCCC/C=C\C/C=C\CCCCCCCCCC(=O)OC(COC(=O)CCCCCCCCCCCCCCCCCCCCCCCCC/C=C\CCCCCCCCCC)COC(OCC[N+](C)(C)C)C(=O)[O-]. The number of hydrogen-bond acceptors (Lipinski definition) is 8. The molecule has 0 aromatic heterocycles. The van der Waals surface area contributed by atoms with Gasteiger partial charge < -0.3 is 33.3 Å². The Morgan fingerprint density at radius 3 is 1.06 bits per heavy atom. The zero-order chi connectivity index (χ0) is 56.2. The van der Waals surface area contributed by atoms with E-state index in [1.807, 2.05) is 21.1 Å². The van der Waals surface area contributed by atoms with Crippen molar-refractivity contribution in [2.24, 2.45) is 0 Å². The van der Waals surface area contributed by atoms with Crippen molar-refractivity contribution in [3.63, 3.8) is 0 Å². The van der Waals surface area contributed by atoms with E-state index in [0.29, 0.717) is 23.9 Å². The maximum atomic E-state index is 12.9. The van der Waals surface area contributed by atoms with Gasteiger partial charge in [0.1, 0.15) is 13.2 Å². The van der Waals surface area contributed by atoms with Crippen molar-refractivity contribution in [1.82, 2.24) is 0 Å². The summed E-state index contributed by atoms with van der Waals surface area (Å²) in [5.41, 5.74) is 0. The van der Waals surface area contributed by atoms with Gasteiger partial charge in [-0.1, -0.05) is 275 Å². The van der Waals surface area contributed by atoms with E-state index < -0.39 is 24.3 Å². The number of allylic oxidation sites excluding steroid dienone is 6. The Morgan fingerprint density at radius 1 is 0.390 bits per heavy atom. The molecule has 0 aromatic carbocycles. The summed E-state index contributed by atoms with van der Waals surface area (Å²) in [4.78, 5) is 37.3. The van der Waals surface area contributed by atoms with Crippen LogP contribution in [0.25, 0.3) is 0 Å². The van der Waals surface area contributed by atoms with Crippen molar-refractivity contribution >= 4 is 17.9 Å². The predicted octanol–water partition coefficient (Wildman–Crippen LogP) is 18.7. The fourth-order valence-electron chi connectivity index (χ4n) is 9.74. The lowest BCUT2D eigenvalue weighted by atomic mass is 10.0.